The lowest BCUT2D eigenvalue weighted by atomic mass is 9.81. The first kappa shape index (κ1) is 18.2. The highest BCUT2D eigenvalue weighted by molar-refractivity contribution is 6.07. The Balaban J connectivity index is 1.47. The molecular formula is C17H25F2N3O3. The van der Waals surface area contributed by atoms with Crippen molar-refractivity contribution in [2.45, 2.75) is 51.0 Å². The molecule has 0 radical (unpaired) electrons. The maximum atomic E-state index is 12.4. The maximum Gasteiger partial charge on any atom is 0.251 e. The molecule has 2 heterocycles. The number of amides is 3. The Labute approximate surface area is 145 Å². The number of likely N-dealkylation sites (tertiary alicyclic amines) is 2. The summed E-state index contributed by atoms with van der Waals surface area (Å²) in [6.07, 6.45) is 2.24. The van der Waals surface area contributed by atoms with Gasteiger partial charge in [-0.25, -0.2) is 8.78 Å². The highest BCUT2D eigenvalue weighted by atomic mass is 19.3. The van der Waals surface area contributed by atoms with E-state index in [1.165, 1.54) is 0 Å². The number of piperidine rings is 1. The molecule has 2 aliphatic heterocycles. The van der Waals surface area contributed by atoms with Crippen molar-refractivity contribution in [2.75, 3.05) is 26.2 Å². The van der Waals surface area contributed by atoms with Crippen LogP contribution in [0.25, 0.3) is 0 Å². The third kappa shape index (κ3) is 4.16. The topological polar surface area (TPSA) is 69.7 Å². The van der Waals surface area contributed by atoms with Gasteiger partial charge in [0.05, 0.1) is 18.4 Å². The highest BCUT2D eigenvalue weighted by Crippen LogP contribution is 2.37. The van der Waals surface area contributed by atoms with Crippen LogP contribution in [0.4, 0.5) is 8.78 Å². The molecular weight excluding hydrogens is 332 g/mol. The van der Waals surface area contributed by atoms with Crippen molar-refractivity contribution in [3.05, 3.63) is 0 Å². The van der Waals surface area contributed by atoms with Gasteiger partial charge in [-0.15, -0.1) is 0 Å². The Morgan fingerprint density at radius 1 is 1.04 bits per heavy atom. The van der Waals surface area contributed by atoms with Gasteiger partial charge in [-0.1, -0.05) is 12.8 Å². The maximum absolute atomic E-state index is 12.4. The molecule has 2 unspecified atom stereocenters. The van der Waals surface area contributed by atoms with E-state index in [9.17, 15) is 23.2 Å². The van der Waals surface area contributed by atoms with Crippen molar-refractivity contribution in [1.82, 2.24) is 15.1 Å². The first-order valence-electron chi connectivity index (χ1n) is 9.11. The van der Waals surface area contributed by atoms with Crippen molar-refractivity contribution in [3.63, 3.8) is 0 Å². The molecule has 25 heavy (non-hydrogen) atoms. The summed E-state index contributed by atoms with van der Waals surface area (Å²) < 4.78 is 24.7. The number of nitrogens with one attached hydrogen (secondary N) is 1. The minimum absolute atomic E-state index is 0.0866. The number of hydrogen-bond donors (Lipinski definition) is 1. The van der Waals surface area contributed by atoms with Crippen LogP contribution in [0.15, 0.2) is 0 Å². The van der Waals surface area contributed by atoms with E-state index in [4.69, 9.17) is 0 Å². The number of carbonyl (C=O) groups is 3. The summed E-state index contributed by atoms with van der Waals surface area (Å²) >= 11 is 0. The largest absolute Gasteiger partial charge is 0.352 e. The van der Waals surface area contributed by atoms with E-state index in [1.807, 2.05) is 0 Å². The number of rotatable bonds is 5. The van der Waals surface area contributed by atoms with Crippen LogP contribution in [0.1, 0.15) is 38.5 Å². The first-order chi connectivity index (χ1) is 12.0. The molecule has 2 saturated heterocycles. The van der Waals surface area contributed by atoms with Crippen molar-refractivity contribution < 1.29 is 23.2 Å². The molecule has 6 nitrogen and oxygen atoms in total. The van der Waals surface area contributed by atoms with Crippen molar-refractivity contribution in [2.24, 2.45) is 11.8 Å². The van der Waals surface area contributed by atoms with Crippen LogP contribution in [0.3, 0.4) is 0 Å². The van der Waals surface area contributed by atoms with E-state index in [2.05, 4.69) is 5.32 Å². The van der Waals surface area contributed by atoms with Crippen molar-refractivity contribution >= 4 is 17.7 Å². The number of halogens is 2. The van der Waals surface area contributed by atoms with Crippen LogP contribution >= 0.6 is 0 Å². The molecule has 2 atom stereocenters. The molecule has 0 aromatic carbocycles. The van der Waals surface area contributed by atoms with Gasteiger partial charge in [0.15, 0.2) is 0 Å². The van der Waals surface area contributed by atoms with Gasteiger partial charge in [-0.2, -0.15) is 0 Å². The van der Waals surface area contributed by atoms with E-state index < -0.39 is 6.43 Å². The van der Waals surface area contributed by atoms with Crippen LogP contribution in [-0.2, 0) is 14.4 Å². The fourth-order valence-corrected chi connectivity index (χ4v) is 4.26. The minimum atomic E-state index is -2.35. The van der Waals surface area contributed by atoms with E-state index in [-0.39, 0.29) is 48.7 Å². The number of alkyl halides is 2. The second-order valence-corrected chi connectivity index (χ2v) is 7.29. The number of fused-ring (bicyclic) bond motifs is 1. The summed E-state index contributed by atoms with van der Waals surface area (Å²) in [4.78, 5) is 39.8. The lowest BCUT2D eigenvalue weighted by molar-refractivity contribution is -0.143. The zero-order valence-electron chi connectivity index (χ0n) is 14.3. The number of hydrogen-bond acceptors (Lipinski definition) is 4. The summed E-state index contributed by atoms with van der Waals surface area (Å²) in [6.45, 7) is 0.574. The monoisotopic (exact) mass is 357 g/mol. The van der Waals surface area contributed by atoms with Gasteiger partial charge in [-0.3, -0.25) is 24.2 Å². The highest BCUT2D eigenvalue weighted by Gasteiger charge is 2.48. The van der Waals surface area contributed by atoms with Gasteiger partial charge in [0.25, 0.3) is 6.43 Å². The summed E-state index contributed by atoms with van der Waals surface area (Å²) in [6, 6.07) is -0.0866. The Morgan fingerprint density at radius 2 is 1.60 bits per heavy atom. The van der Waals surface area contributed by atoms with E-state index >= 15 is 0 Å². The van der Waals surface area contributed by atoms with Gasteiger partial charge >= 0.3 is 0 Å². The van der Waals surface area contributed by atoms with Gasteiger partial charge in [0.1, 0.15) is 6.54 Å². The number of nitrogens with zero attached hydrogens (tertiary/aromatic N) is 2. The predicted octanol–water partition coefficient (Wildman–Crippen LogP) is 1.01. The normalized spacial score (nSPS) is 28.5. The van der Waals surface area contributed by atoms with Crippen LogP contribution in [0, 0.1) is 11.8 Å². The molecule has 0 aromatic heterocycles. The molecule has 1 aliphatic carbocycles. The Kier molecular flexibility index (Phi) is 5.66. The van der Waals surface area contributed by atoms with Gasteiger partial charge in [0, 0.05) is 19.1 Å². The number of imide groups is 1. The lowest BCUT2D eigenvalue weighted by Gasteiger charge is -2.32. The molecule has 3 fully saturated rings. The second-order valence-electron chi connectivity index (χ2n) is 7.29. The molecule has 0 aromatic rings. The van der Waals surface area contributed by atoms with E-state index in [0.29, 0.717) is 25.9 Å². The molecule has 3 amide bonds. The smallest absolute Gasteiger partial charge is 0.251 e. The van der Waals surface area contributed by atoms with E-state index in [1.54, 1.807) is 4.90 Å². The van der Waals surface area contributed by atoms with Gasteiger partial charge < -0.3 is 5.32 Å². The van der Waals surface area contributed by atoms with Crippen LogP contribution in [0.5, 0.6) is 0 Å². The van der Waals surface area contributed by atoms with Crippen LogP contribution in [-0.4, -0.2) is 66.2 Å². The molecule has 8 heteroatoms. The van der Waals surface area contributed by atoms with Crippen molar-refractivity contribution in [1.29, 1.82) is 0 Å². The molecule has 0 bridgehead atoms. The summed E-state index contributed by atoms with van der Waals surface area (Å²) in [5.74, 6) is -1.25. The lowest BCUT2D eigenvalue weighted by Crippen LogP contribution is -2.49. The second kappa shape index (κ2) is 7.76. The third-order valence-electron chi connectivity index (χ3n) is 5.58. The quantitative estimate of drug-likeness (QED) is 0.746. The standard InChI is InChI=1S/C17H25F2N3O3/c18-14(19)9-21-7-5-11(6-8-21)20-15(23)10-22-16(24)12-3-1-2-4-13(12)17(22)25/h11-14H,1-10H2,(H,20,23). The summed E-state index contributed by atoms with van der Waals surface area (Å²) in [5, 5.41) is 2.84. The summed E-state index contributed by atoms with van der Waals surface area (Å²) in [5.41, 5.74) is 0. The number of carbonyl (C=O) groups excluding carboxylic acids is 3. The first-order valence-corrected chi connectivity index (χ1v) is 9.11. The Morgan fingerprint density at radius 3 is 2.12 bits per heavy atom. The SMILES string of the molecule is O=C(CN1C(=O)C2CCCCC2C1=O)NC1CCN(CC(F)F)CC1. The van der Waals surface area contributed by atoms with Gasteiger partial charge in [0.2, 0.25) is 17.7 Å². The summed E-state index contributed by atoms with van der Waals surface area (Å²) in [7, 11) is 0. The fourth-order valence-electron chi connectivity index (χ4n) is 4.26. The molecule has 1 N–H and O–H groups in total. The molecule has 3 rings (SSSR count). The van der Waals surface area contributed by atoms with Crippen LogP contribution < -0.4 is 5.32 Å². The zero-order chi connectivity index (χ0) is 18.0. The zero-order valence-corrected chi connectivity index (χ0v) is 14.3. The van der Waals surface area contributed by atoms with E-state index in [0.717, 1.165) is 30.6 Å². The van der Waals surface area contributed by atoms with Gasteiger partial charge in [-0.05, 0) is 25.7 Å². The molecule has 1 saturated carbocycles. The minimum Gasteiger partial charge on any atom is -0.352 e. The Bertz CT molecular complexity index is 511. The Hall–Kier alpha value is -1.57. The molecule has 0 spiro atoms. The predicted molar refractivity (Wildman–Crippen MR) is 85.8 cm³/mol. The molecule has 140 valence electrons. The van der Waals surface area contributed by atoms with Crippen molar-refractivity contribution in [3.8, 4) is 0 Å². The fraction of sp³-hybridized carbons (Fsp3) is 0.824. The molecule has 3 aliphatic rings. The van der Waals surface area contributed by atoms with Crippen LogP contribution in [0.2, 0.25) is 0 Å². The average molecular weight is 357 g/mol. The average Bonchev–Trinajstić information content (AvgIpc) is 2.82. The third-order valence-corrected chi connectivity index (χ3v) is 5.58.